The maximum Gasteiger partial charge on any atom is 0.335 e. The number of benzene rings is 3. The summed E-state index contributed by atoms with van der Waals surface area (Å²) in [4.78, 5) is 10.9. The number of hydrogen-bond donors (Lipinski definition) is 1. The normalized spacial score (nSPS) is 10.9. The van der Waals surface area contributed by atoms with Crippen molar-refractivity contribution >= 4 is 27.5 Å². The molecule has 0 unspecified atom stereocenters. The molecule has 18 heavy (non-hydrogen) atoms. The van der Waals surface area contributed by atoms with Gasteiger partial charge in [-0.1, -0.05) is 36.1 Å². The molecule has 0 aliphatic heterocycles. The Kier molecular flexibility index (Phi) is 2.20. The molecule has 0 radical (unpaired) electrons. The summed E-state index contributed by atoms with van der Waals surface area (Å²) in [6.45, 7) is 0. The highest BCUT2D eigenvalue weighted by molar-refractivity contribution is 6.05. The van der Waals surface area contributed by atoms with Crippen molar-refractivity contribution < 1.29 is 15.0 Å². The lowest BCUT2D eigenvalue weighted by atomic mass is 10.0. The summed E-state index contributed by atoms with van der Waals surface area (Å²) in [6, 6.07) is 14.4. The van der Waals surface area contributed by atoms with Crippen molar-refractivity contribution in [1.29, 1.82) is 0 Å². The second-order valence-corrected chi connectivity index (χ2v) is 4.17. The Labute approximate surface area is 103 Å². The molecule has 3 aromatic rings. The number of carboxylic acid groups (broad SMARTS) is 1. The van der Waals surface area contributed by atoms with E-state index in [1.165, 1.54) is 6.07 Å². The van der Waals surface area contributed by atoms with E-state index < -0.39 is 11.7 Å². The first kappa shape index (κ1) is 10.6. The maximum atomic E-state index is 12.0. The third-order valence-corrected chi connectivity index (χ3v) is 3.07. The van der Waals surface area contributed by atoms with Crippen LogP contribution < -0.4 is 5.11 Å². The highest BCUT2D eigenvalue weighted by atomic mass is 16.4. The molecule has 0 saturated heterocycles. The first-order valence-electron chi connectivity index (χ1n) is 5.52. The second kappa shape index (κ2) is 3.74. The van der Waals surface area contributed by atoms with E-state index in [1.54, 1.807) is 12.1 Å². The summed E-state index contributed by atoms with van der Waals surface area (Å²) in [5.74, 6) is -1.61. The molecule has 0 fully saturated rings. The average Bonchev–Trinajstić information content (AvgIpc) is 2.37. The fourth-order valence-electron chi connectivity index (χ4n) is 2.15. The molecular weight excluding hydrogens is 228 g/mol. The third kappa shape index (κ3) is 1.49. The Morgan fingerprint density at radius 1 is 0.944 bits per heavy atom. The van der Waals surface area contributed by atoms with E-state index in [0.29, 0.717) is 5.39 Å². The molecule has 3 aromatic carbocycles. The number of carbonyl (C=O) groups is 1. The van der Waals surface area contributed by atoms with Gasteiger partial charge in [-0.15, -0.1) is 0 Å². The van der Waals surface area contributed by atoms with Crippen LogP contribution in [0.4, 0.5) is 0 Å². The van der Waals surface area contributed by atoms with Gasteiger partial charge in [0.05, 0.1) is 5.56 Å². The van der Waals surface area contributed by atoms with Crippen molar-refractivity contribution in [2.75, 3.05) is 0 Å². The summed E-state index contributed by atoms with van der Waals surface area (Å²) in [5, 5.41) is 24.2. The molecule has 3 heteroatoms. The van der Waals surface area contributed by atoms with Crippen LogP contribution in [0.15, 0.2) is 48.5 Å². The molecule has 0 saturated carbocycles. The SMILES string of the molecule is O=C(O)c1ccc2cc3ccccc3cc2c1[O-]. The monoisotopic (exact) mass is 237 g/mol. The third-order valence-electron chi connectivity index (χ3n) is 3.07. The van der Waals surface area contributed by atoms with Gasteiger partial charge in [-0.05, 0) is 39.7 Å². The number of carboxylic acids is 1. The van der Waals surface area contributed by atoms with Crippen LogP contribution in [0.1, 0.15) is 10.4 Å². The van der Waals surface area contributed by atoms with Gasteiger partial charge < -0.3 is 10.2 Å². The Balaban J connectivity index is 2.44. The number of hydrogen-bond acceptors (Lipinski definition) is 2. The largest absolute Gasteiger partial charge is 0.871 e. The molecular formula is C15H9O3-. The van der Waals surface area contributed by atoms with E-state index in [9.17, 15) is 9.90 Å². The Hall–Kier alpha value is -2.55. The predicted octanol–water partition coefficient (Wildman–Crippen LogP) is 2.76. The van der Waals surface area contributed by atoms with Crippen LogP contribution in [-0.4, -0.2) is 11.1 Å². The molecule has 3 rings (SSSR count). The summed E-state index contributed by atoms with van der Waals surface area (Å²) < 4.78 is 0. The van der Waals surface area contributed by atoms with Crippen molar-refractivity contribution in [3.63, 3.8) is 0 Å². The fourth-order valence-corrected chi connectivity index (χ4v) is 2.15. The highest BCUT2D eigenvalue weighted by Gasteiger charge is 2.07. The van der Waals surface area contributed by atoms with E-state index in [-0.39, 0.29) is 5.56 Å². The average molecular weight is 237 g/mol. The van der Waals surface area contributed by atoms with Gasteiger partial charge in [-0.2, -0.15) is 0 Å². The molecule has 88 valence electrons. The van der Waals surface area contributed by atoms with Crippen LogP contribution in [0.5, 0.6) is 5.75 Å². The second-order valence-electron chi connectivity index (χ2n) is 4.17. The minimum Gasteiger partial charge on any atom is -0.871 e. The minimum atomic E-state index is -1.19. The zero-order valence-corrected chi connectivity index (χ0v) is 9.38. The lowest BCUT2D eigenvalue weighted by Crippen LogP contribution is -2.04. The summed E-state index contributed by atoms with van der Waals surface area (Å²) in [6.07, 6.45) is 0. The molecule has 0 heterocycles. The van der Waals surface area contributed by atoms with E-state index in [1.807, 2.05) is 30.3 Å². The van der Waals surface area contributed by atoms with Gasteiger partial charge in [0.25, 0.3) is 0 Å². The maximum absolute atomic E-state index is 12.0. The van der Waals surface area contributed by atoms with Crippen LogP contribution in [0, 0.1) is 0 Å². The van der Waals surface area contributed by atoms with Gasteiger partial charge in [0.2, 0.25) is 0 Å². The van der Waals surface area contributed by atoms with Crippen LogP contribution in [0.2, 0.25) is 0 Å². The topological polar surface area (TPSA) is 60.4 Å². The van der Waals surface area contributed by atoms with Crippen molar-refractivity contribution in [3.8, 4) is 5.75 Å². The van der Waals surface area contributed by atoms with Gasteiger partial charge in [0, 0.05) is 0 Å². The number of fused-ring (bicyclic) bond motifs is 2. The molecule has 0 atom stereocenters. The molecule has 1 N–H and O–H groups in total. The Bertz CT molecular complexity index is 775. The van der Waals surface area contributed by atoms with E-state index in [4.69, 9.17) is 5.11 Å². The zero-order valence-electron chi connectivity index (χ0n) is 9.38. The van der Waals surface area contributed by atoms with Crippen molar-refractivity contribution in [3.05, 3.63) is 54.1 Å². The van der Waals surface area contributed by atoms with Gasteiger partial charge in [0.15, 0.2) is 0 Å². The molecule has 0 amide bonds. The van der Waals surface area contributed by atoms with Crippen molar-refractivity contribution in [2.24, 2.45) is 0 Å². The molecule has 0 bridgehead atoms. The smallest absolute Gasteiger partial charge is 0.335 e. The number of rotatable bonds is 1. The zero-order chi connectivity index (χ0) is 12.7. The first-order valence-corrected chi connectivity index (χ1v) is 5.52. The van der Waals surface area contributed by atoms with Crippen molar-refractivity contribution in [1.82, 2.24) is 0 Å². The fraction of sp³-hybridized carbons (Fsp3) is 0. The molecule has 0 aliphatic carbocycles. The van der Waals surface area contributed by atoms with Gasteiger partial charge in [-0.3, -0.25) is 0 Å². The van der Waals surface area contributed by atoms with E-state index >= 15 is 0 Å². The molecule has 3 nitrogen and oxygen atoms in total. The molecule has 0 aromatic heterocycles. The van der Waals surface area contributed by atoms with Gasteiger partial charge >= 0.3 is 5.97 Å². The Morgan fingerprint density at radius 3 is 2.28 bits per heavy atom. The van der Waals surface area contributed by atoms with Gasteiger partial charge in [-0.25, -0.2) is 4.79 Å². The molecule has 0 aliphatic rings. The first-order chi connectivity index (χ1) is 8.66. The number of aromatic carboxylic acids is 1. The predicted molar refractivity (Wildman–Crippen MR) is 67.9 cm³/mol. The molecule has 0 spiro atoms. The van der Waals surface area contributed by atoms with Crippen molar-refractivity contribution in [2.45, 2.75) is 0 Å². The minimum absolute atomic E-state index is 0.183. The lowest BCUT2D eigenvalue weighted by Gasteiger charge is -2.14. The van der Waals surface area contributed by atoms with Gasteiger partial charge in [0.1, 0.15) is 0 Å². The summed E-state index contributed by atoms with van der Waals surface area (Å²) >= 11 is 0. The standard InChI is InChI=1S/C15H10O3/c16-14-12(15(17)18)6-5-11-7-9-3-1-2-4-10(9)8-13(11)14/h1-8,16H,(H,17,18)/p-1. The quantitative estimate of drug-likeness (QED) is 0.662. The van der Waals surface area contributed by atoms with Crippen LogP contribution in [-0.2, 0) is 0 Å². The Morgan fingerprint density at radius 2 is 1.61 bits per heavy atom. The van der Waals surface area contributed by atoms with E-state index in [2.05, 4.69) is 0 Å². The summed E-state index contributed by atoms with van der Waals surface area (Å²) in [5.41, 5.74) is -0.183. The van der Waals surface area contributed by atoms with Crippen LogP contribution in [0.25, 0.3) is 21.5 Å². The highest BCUT2D eigenvalue weighted by Crippen LogP contribution is 2.30. The van der Waals surface area contributed by atoms with Crippen LogP contribution >= 0.6 is 0 Å². The van der Waals surface area contributed by atoms with Crippen LogP contribution in [0.3, 0.4) is 0 Å². The summed E-state index contributed by atoms with van der Waals surface area (Å²) in [7, 11) is 0. The lowest BCUT2D eigenvalue weighted by molar-refractivity contribution is -0.266. The van der Waals surface area contributed by atoms with E-state index in [0.717, 1.165) is 16.2 Å².